The normalized spacial score (nSPS) is 22.3. The maximum Gasteiger partial charge on any atom is 0.257 e. The highest BCUT2D eigenvalue weighted by atomic mass is 16.5. The molecule has 6 heteroatoms. The van der Waals surface area contributed by atoms with E-state index in [1.165, 1.54) is 0 Å². The first-order valence-corrected chi connectivity index (χ1v) is 7.53. The van der Waals surface area contributed by atoms with Crippen molar-refractivity contribution >= 4 is 11.7 Å². The number of likely N-dealkylation sites (N-methyl/N-ethyl adjacent to an activating group) is 1. The summed E-state index contributed by atoms with van der Waals surface area (Å²) in [7, 11) is 1.89. The van der Waals surface area contributed by atoms with Gasteiger partial charge in [-0.1, -0.05) is 0 Å². The number of nitrogens with one attached hydrogen (secondary N) is 1. The van der Waals surface area contributed by atoms with Gasteiger partial charge in [-0.25, -0.2) is 4.98 Å². The second kappa shape index (κ2) is 6.41. The lowest BCUT2D eigenvalue weighted by Gasteiger charge is -2.31. The van der Waals surface area contributed by atoms with Crippen LogP contribution in [0.25, 0.3) is 0 Å². The maximum atomic E-state index is 12.8. The van der Waals surface area contributed by atoms with Crippen molar-refractivity contribution in [2.75, 3.05) is 51.3 Å². The Kier molecular flexibility index (Phi) is 4.36. The van der Waals surface area contributed by atoms with E-state index in [-0.39, 0.29) is 11.9 Å². The molecule has 0 bridgehead atoms. The lowest BCUT2D eigenvalue weighted by molar-refractivity contribution is 0.0742. The fraction of sp³-hybridized carbons (Fsp3) is 0.600. The molecule has 3 heterocycles. The Labute approximate surface area is 125 Å². The van der Waals surface area contributed by atoms with Crippen LogP contribution in [0, 0.1) is 0 Å². The van der Waals surface area contributed by atoms with Gasteiger partial charge in [0.15, 0.2) is 0 Å². The summed E-state index contributed by atoms with van der Waals surface area (Å²) < 4.78 is 5.38. The molecule has 0 spiro atoms. The summed E-state index contributed by atoms with van der Waals surface area (Å²) in [4.78, 5) is 21.2. The van der Waals surface area contributed by atoms with Crippen LogP contribution in [0.4, 0.5) is 5.82 Å². The number of anilines is 1. The summed E-state index contributed by atoms with van der Waals surface area (Å²) >= 11 is 0. The largest absolute Gasteiger partial charge is 0.378 e. The van der Waals surface area contributed by atoms with Gasteiger partial charge in [-0.2, -0.15) is 0 Å². The second-order valence-electron chi connectivity index (χ2n) is 5.54. The van der Waals surface area contributed by atoms with Crippen LogP contribution in [0.3, 0.4) is 0 Å². The summed E-state index contributed by atoms with van der Waals surface area (Å²) in [6, 6.07) is 3.98. The van der Waals surface area contributed by atoms with Gasteiger partial charge in [-0.15, -0.1) is 0 Å². The lowest BCUT2D eigenvalue weighted by Crippen LogP contribution is -2.41. The van der Waals surface area contributed by atoms with Gasteiger partial charge < -0.3 is 19.9 Å². The molecule has 2 fully saturated rings. The number of morpholine rings is 1. The number of pyridine rings is 1. The second-order valence-corrected chi connectivity index (χ2v) is 5.54. The third-order valence-corrected chi connectivity index (χ3v) is 4.23. The van der Waals surface area contributed by atoms with Crippen molar-refractivity contribution in [3.8, 4) is 0 Å². The van der Waals surface area contributed by atoms with E-state index in [4.69, 9.17) is 4.74 Å². The summed E-state index contributed by atoms with van der Waals surface area (Å²) in [5.74, 6) is 0.835. The van der Waals surface area contributed by atoms with E-state index in [9.17, 15) is 4.79 Å². The van der Waals surface area contributed by atoms with Crippen LogP contribution in [0.5, 0.6) is 0 Å². The van der Waals surface area contributed by atoms with Crippen LogP contribution in [0.1, 0.15) is 16.8 Å². The van der Waals surface area contributed by atoms with Crippen LogP contribution in [-0.2, 0) is 4.74 Å². The number of ether oxygens (including phenoxy) is 1. The van der Waals surface area contributed by atoms with E-state index in [1.54, 1.807) is 6.20 Å². The highest BCUT2D eigenvalue weighted by molar-refractivity contribution is 5.99. The lowest BCUT2D eigenvalue weighted by atomic mass is 10.1. The fourth-order valence-corrected chi connectivity index (χ4v) is 2.92. The Morgan fingerprint density at radius 2 is 2.29 bits per heavy atom. The molecule has 0 aromatic carbocycles. The van der Waals surface area contributed by atoms with Crippen LogP contribution in [-0.4, -0.2) is 68.3 Å². The molecule has 6 nitrogen and oxygen atoms in total. The third-order valence-electron chi connectivity index (χ3n) is 4.23. The van der Waals surface area contributed by atoms with Gasteiger partial charge >= 0.3 is 0 Å². The summed E-state index contributed by atoms with van der Waals surface area (Å²) in [6.07, 6.45) is 2.76. The predicted molar refractivity (Wildman–Crippen MR) is 80.6 cm³/mol. The SMILES string of the molecule is CN(C(=O)c1cccnc1N1CCOCC1)C1CCNC1. The summed E-state index contributed by atoms with van der Waals surface area (Å²) in [5.41, 5.74) is 0.689. The van der Waals surface area contributed by atoms with Crippen molar-refractivity contribution in [1.29, 1.82) is 0 Å². The maximum absolute atomic E-state index is 12.8. The topological polar surface area (TPSA) is 57.7 Å². The van der Waals surface area contributed by atoms with E-state index in [1.807, 2.05) is 24.1 Å². The Morgan fingerprint density at radius 3 is 3.00 bits per heavy atom. The van der Waals surface area contributed by atoms with Gasteiger partial charge in [-0.05, 0) is 25.1 Å². The predicted octanol–water partition coefficient (Wildman–Crippen LogP) is 0.352. The van der Waals surface area contributed by atoms with E-state index >= 15 is 0 Å². The minimum atomic E-state index is 0.0540. The zero-order valence-corrected chi connectivity index (χ0v) is 12.4. The number of hydrogen-bond acceptors (Lipinski definition) is 5. The van der Waals surface area contributed by atoms with E-state index in [0.29, 0.717) is 18.8 Å². The average Bonchev–Trinajstić information content (AvgIpc) is 3.09. The molecule has 3 rings (SSSR count). The molecule has 0 saturated carbocycles. The number of rotatable bonds is 3. The number of hydrogen-bond donors (Lipinski definition) is 1. The Morgan fingerprint density at radius 1 is 1.48 bits per heavy atom. The quantitative estimate of drug-likeness (QED) is 0.870. The molecule has 1 unspecified atom stereocenters. The average molecular weight is 290 g/mol. The van der Waals surface area contributed by atoms with E-state index in [2.05, 4.69) is 15.2 Å². The molecule has 1 N–H and O–H groups in total. The molecule has 114 valence electrons. The molecule has 1 atom stereocenters. The standard InChI is InChI=1S/C15H22N4O2/c1-18(12-4-6-16-11-12)15(20)13-3-2-5-17-14(13)19-7-9-21-10-8-19/h2-3,5,12,16H,4,6-11H2,1H3. The molecule has 0 radical (unpaired) electrons. The molecule has 2 aliphatic heterocycles. The van der Waals surface area contributed by atoms with Gasteiger partial charge in [0.25, 0.3) is 5.91 Å². The summed E-state index contributed by atoms with van der Waals surface area (Å²) in [6.45, 7) is 4.79. The van der Waals surface area contributed by atoms with Crippen molar-refractivity contribution in [1.82, 2.24) is 15.2 Å². The number of carbonyl (C=O) groups is 1. The van der Waals surface area contributed by atoms with Crippen LogP contribution >= 0.6 is 0 Å². The fourth-order valence-electron chi connectivity index (χ4n) is 2.92. The van der Waals surface area contributed by atoms with Crippen LogP contribution in [0.15, 0.2) is 18.3 Å². The molecular formula is C15H22N4O2. The van der Waals surface area contributed by atoms with Crippen molar-refractivity contribution in [2.24, 2.45) is 0 Å². The molecule has 0 aliphatic carbocycles. The third kappa shape index (κ3) is 3.01. The Hall–Kier alpha value is -1.66. The summed E-state index contributed by atoms with van der Waals surface area (Å²) in [5, 5.41) is 3.30. The van der Waals surface area contributed by atoms with Gasteiger partial charge in [0.1, 0.15) is 5.82 Å². The minimum Gasteiger partial charge on any atom is -0.378 e. The number of carbonyl (C=O) groups excluding carboxylic acids is 1. The molecule has 1 aromatic heterocycles. The number of nitrogens with zero attached hydrogens (tertiary/aromatic N) is 3. The van der Waals surface area contributed by atoms with Crippen molar-refractivity contribution in [3.63, 3.8) is 0 Å². The molecule has 1 amide bonds. The van der Waals surface area contributed by atoms with Crippen molar-refractivity contribution in [2.45, 2.75) is 12.5 Å². The van der Waals surface area contributed by atoms with Gasteiger partial charge in [-0.3, -0.25) is 4.79 Å². The zero-order valence-electron chi connectivity index (χ0n) is 12.4. The molecule has 2 saturated heterocycles. The van der Waals surface area contributed by atoms with Gasteiger partial charge in [0, 0.05) is 38.9 Å². The Balaban J connectivity index is 1.81. The number of amides is 1. The Bertz CT molecular complexity index is 496. The molecule has 2 aliphatic rings. The van der Waals surface area contributed by atoms with E-state index in [0.717, 1.165) is 38.4 Å². The first-order valence-electron chi connectivity index (χ1n) is 7.53. The van der Waals surface area contributed by atoms with Crippen molar-refractivity contribution < 1.29 is 9.53 Å². The van der Waals surface area contributed by atoms with E-state index < -0.39 is 0 Å². The van der Waals surface area contributed by atoms with Crippen LogP contribution < -0.4 is 10.2 Å². The molecule has 21 heavy (non-hydrogen) atoms. The first kappa shape index (κ1) is 14.3. The van der Waals surface area contributed by atoms with Crippen LogP contribution in [0.2, 0.25) is 0 Å². The molecular weight excluding hydrogens is 268 g/mol. The number of aromatic nitrogens is 1. The monoisotopic (exact) mass is 290 g/mol. The highest BCUT2D eigenvalue weighted by Gasteiger charge is 2.27. The zero-order chi connectivity index (χ0) is 14.7. The van der Waals surface area contributed by atoms with Gasteiger partial charge in [0.05, 0.1) is 18.8 Å². The smallest absolute Gasteiger partial charge is 0.257 e. The van der Waals surface area contributed by atoms with Crippen molar-refractivity contribution in [3.05, 3.63) is 23.9 Å². The minimum absolute atomic E-state index is 0.0540. The molecule has 1 aromatic rings. The van der Waals surface area contributed by atoms with Gasteiger partial charge in [0.2, 0.25) is 0 Å². The first-order chi connectivity index (χ1) is 10.3. The highest BCUT2D eigenvalue weighted by Crippen LogP contribution is 2.21.